The second-order valence-electron chi connectivity index (χ2n) is 4.00. The summed E-state index contributed by atoms with van der Waals surface area (Å²) < 4.78 is 1.84. The second kappa shape index (κ2) is 2.94. The molecule has 0 amide bonds. The normalized spacial score (nSPS) is 18.6. The van der Waals surface area contributed by atoms with E-state index in [1.54, 1.807) is 6.07 Å². The fourth-order valence-electron chi connectivity index (χ4n) is 2.42. The van der Waals surface area contributed by atoms with Gasteiger partial charge in [-0.3, -0.25) is 4.79 Å². The van der Waals surface area contributed by atoms with Crippen LogP contribution in [0.3, 0.4) is 0 Å². The van der Waals surface area contributed by atoms with Crippen LogP contribution in [0, 0.1) is 0 Å². The Balaban J connectivity index is 2.45. The minimum atomic E-state index is 0.0749. The number of aromatic nitrogens is 1. The summed E-state index contributed by atoms with van der Waals surface area (Å²) in [6, 6.07) is 9.65. The molecule has 1 aliphatic heterocycles. The molecule has 0 fully saturated rings. The number of nitrogens with zero attached hydrogens (tertiary/aromatic N) is 1. The van der Waals surface area contributed by atoms with Crippen LogP contribution < -0.4 is 11.3 Å². The molecule has 2 aromatic rings. The molecule has 1 unspecified atom stereocenters. The van der Waals surface area contributed by atoms with Crippen molar-refractivity contribution in [2.24, 2.45) is 5.73 Å². The Hall–Kier alpha value is -1.61. The molecule has 3 rings (SSSR count). The molecule has 0 aliphatic carbocycles. The highest BCUT2D eigenvalue weighted by atomic mass is 16.1. The smallest absolute Gasteiger partial charge is 0.251 e. The van der Waals surface area contributed by atoms with Gasteiger partial charge in [0, 0.05) is 25.1 Å². The Morgan fingerprint density at radius 3 is 3.00 bits per heavy atom. The topological polar surface area (TPSA) is 48.0 Å². The lowest BCUT2D eigenvalue weighted by Gasteiger charge is -2.05. The first-order valence-corrected chi connectivity index (χ1v) is 5.14. The summed E-state index contributed by atoms with van der Waals surface area (Å²) in [5, 5.41) is 1.13. The molecule has 1 aromatic carbocycles. The molecule has 1 atom stereocenters. The van der Waals surface area contributed by atoms with Gasteiger partial charge in [0.2, 0.25) is 0 Å². The van der Waals surface area contributed by atoms with Crippen molar-refractivity contribution in [1.29, 1.82) is 0 Å². The Morgan fingerprint density at radius 1 is 1.33 bits per heavy atom. The quantitative estimate of drug-likeness (QED) is 0.748. The van der Waals surface area contributed by atoms with E-state index in [4.69, 9.17) is 5.73 Å². The van der Waals surface area contributed by atoms with Crippen molar-refractivity contribution in [1.82, 2.24) is 4.57 Å². The minimum absolute atomic E-state index is 0.0749. The van der Waals surface area contributed by atoms with Crippen molar-refractivity contribution in [2.75, 3.05) is 6.54 Å². The Bertz CT molecular complexity index is 586. The SMILES string of the molecule is NCC1Cn2c(=O)ccc3cccc1c32. The molecular weight excluding hydrogens is 188 g/mol. The van der Waals surface area contributed by atoms with Crippen LogP contribution in [0.15, 0.2) is 35.1 Å². The van der Waals surface area contributed by atoms with Gasteiger partial charge in [0.1, 0.15) is 0 Å². The standard InChI is InChI=1S/C12H12N2O/c13-6-9-7-14-11(15)5-4-8-2-1-3-10(9)12(8)14/h1-5,9H,6-7,13H2. The van der Waals surface area contributed by atoms with Crippen molar-refractivity contribution in [3.8, 4) is 0 Å². The third-order valence-electron chi connectivity index (χ3n) is 3.17. The maximum absolute atomic E-state index is 11.7. The number of hydrogen-bond acceptors (Lipinski definition) is 2. The van der Waals surface area contributed by atoms with Crippen molar-refractivity contribution in [3.63, 3.8) is 0 Å². The highest BCUT2D eigenvalue weighted by molar-refractivity contribution is 5.84. The van der Waals surface area contributed by atoms with E-state index in [2.05, 4.69) is 6.07 Å². The predicted octanol–water partition coefficient (Wildman–Crippen LogP) is 1.06. The molecule has 2 heterocycles. The number of para-hydroxylation sites is 1. The highest BCUT2D eigenvalue weighted by Gasteiger charge is 2.23. The fraction of sp³-hybridized carbons (Fsp3) is 0.250. The van der Waals surface area contributed by atoms with E-state index >= 15 is 0 Å². The van der Waals surface area contributed by atoms with Gasteiger partial charge >= 0.3 is 0 Å². The number of benzene rings is 1. The average molecular weight is 200 g/mol. The number of pyridine rings is 1. The first-order valence-electron chi connectivity index (χ1n) is 5.14. The molecule has 1 aliphatic rings. The summed E-state index contributed by atoms with van der Waals surface area (Å²) in [7, 11) is 0. The summed E-state index contributed by atoms with van der Waals surface area (Å²) in [6.45, 7) is 1.33. The first-order chi connectivity index (χ1) is 7.31. The highest BCUT2D eigenvalue weighted by Crippen LogP contribution is 2.31. The van der Waals surface area contributed by atoms with Crippen molar-refractivity contribution in [2.45, 2.75) is 12.5 Å². The lowest BCUT2D eigenvalue weighted by Crippen LogP contribution is -2.19. The molecular formula is C12H12N2O. The largest absolute Gasteiger partial charge is 0.330 e. The number of rotatable bonds is 1. The summed E-state index contributed by atoms with van der Waals surface area (Å²) in [4.78, 5) is 11.7. The number of hydrogen-bond donors (Lipinski definition) is 1. The summed E-state index contributed by atoms with van der Waals surface area (Å²) >= 11 is 0. The minimum Gasteiger partial charge on any atom is -0.330 e. The molecule has 1 aromatic heterocycles. The van der Waals surface area contributed by atoms with Crippen LogP contribution >= 0.6 is 0 Å². The maximum Gasteiger partial charge on any atom is 0.251 e. The van der Waals surface area contributed by atoms with E-state index in [9.17, 15) is 4.79 Å². The Labute approximate surface area is 87.1 Å². The van der Waals surface area contributed by atoms with Crippen LogP contribution in [0.2, 0.25) is 0 Å². The Kier molecular flexibility index (Phi) is 1.70. The van der Waals surface area contributed by atoms with Crippen LogP contribution in [-0.2, 0) is 6.54 Å². The average Bonchev–Trinajstić information content (AvgIpc) is 2.65. The molecule has 0 bridgehead atoms. The maximum atomic E-state index is 11.7. The summed E-state index contributed by atoms with van der Waals surface area (Å²) in [5.74, 6) is 0.295. The third kappa shape index (κ3) is 1.07. The first kappa shape index (κ1) is 8.68. The van der Waals surface area contributed by atoms with Gasteiger partial charge in [-0.1, -0.05) is 18.2 Å². The zero-order valence-electron chi connectivity index (χ0n) is 8.31. The van der Waals surface area contributed by atoms with Crippen LogP contribution in [0.5, 0.6) is 0 Å². The van der Waals surface area contributed by atoms with Gasteiger partial charge < -0.3 is 10.3 Å². The van der Waals surface area contributed by atoms with Crippen LogP contribution in [0.4, 0.5) is 0 Å². The monoisotopic (exact) mass is 200 g/mol. The summed E-state index contributed by atoms with van der Waals surface area (Å²) in [5.41, 5.74) is 8.08. The molecule has 0 spiro atoms. The Morgan fingerprint density at radius 2 is 2.20 bits per heavy atom. The fourth-order valence-corrected chi connectivity index (χ4v) is 2.42. The molecule has 3 nitrogen and oxygen atoms in total. The van der Waals surface area contributed by atoms with Gasteiger partial charge in [-0.15, -0.1) is 0 Å². The van der Waals surface area contributed by atoms with Crippen LogP contribution in [0.1, 0.15) is 11.5 Å². The zero-order valence-corrected chi connectivity index (χ0v) is 8.31. The number of nitrogens with two attached hydrogens (primary N) is 1. The molecule has 2 N–H and O–H groups in total. The van der Waals surface area contributed by atoms with E-state index in [0.717, 1.165) is 17.4 Å². The van der Waals surface area contributed by atoms with Crippen LogP contribution in [-0.4, -0.2) is 11.1 Å². The van der Waals surface area contributed by atoms with E-state index < -0.39 is 0 Å². The lowest BCUT2D eigenvalue weighted by atomic mass is 10.0. The van der Waals surface area contributed by atoms with Crippen molar-refractivity contribution < 1.29 is 0 Å². The summed E-state index contributed by atoms with van der Waals surface area (Å²) in [6.07, 6.45) is 0. The van der Waals surface area contributed by atoms with Gasteiger partial charge in [-0.25, -0.2) is 0 Å². The predicted molar refractivity (Wildman–Crippen MR) is 60.0 cm³/mol. The van der Waals surface area contributed by atoms with Crippen molar-refractivity contribution in [3.05, 3.63) is 46.2 Å². The van der Waals surface area contributed by atoms with Gasteiger partial charge in [-0.2, -0.15) is 0 Å². The van der Waals surface area contributed by atoms with E-state index in [1.807, 2.05) is 22.8 Å². The molecule has 0 saturated carbocycles. The second-order valence-corrected chi connectivity index (χ2v) is 4.00. The molecule has 76 valence electrons. The van der Waals surface area contributed by atoms with E-state index in [-0.39, 0.29) is 5.56 Å². The van der Waals surface area contributed by atoms with Gasteiger partial charge in [0.25, 0.3) is 5.56 Å². The van der Waals surface area contributed by atoms with Gasteiger partial charge in [0.15, 0.2) is 0 Å². The van der Waals surface area contributed by atoms with E-state index in [1.165, 1.54) is 5.56 Å². The van der Waals surface area contributed by atoms with E-state index in [0.29, 0.717) is 12.5 Å². The van der Waals surface area contributed by atoms with Gasteiger partial charge in [-0.05, 0) is 17.0 Å². The lowest BCUT2D eigenvalue weighted by molar-refractivity contribution is 0.608. The molecule has 0 saturated heterocycles. The third-order valence-corrected chi connectivity index (χ3v) is 3.17. The van der Waals surface area contributed by atoms with Crippen molar-refractivity contribution >= 4 is 10.9 Å². The van der Waals surface area contributed by atoms with Crippen LogP contribution in [0.25, 0.3) is 10.9 Å². The zero-order chi connectivity index (χ0) is 10.4. The molecule has 15 heavy (non-hydrogen) atoms. The molecule has 3 heteroatoms. The van der Waals surface area contributed by atoms with Gasteiger partial charge in [0.05, 0.1) is 5.52 Å². The molecule has 0 radical (unpaired) electrons.